The first-order valence-electron chi connectivity index (χ1n) is 6.53. The quantitative estimate of drug-likeness (QED) is 0.833. The van der Waals surface area contributed by atoms with Gasteiger partial charge in [0.15, 0.2) is 0 Å². The number of hydrogen-bond acceptors (Lipinski definition) is 3. The molecular weight excluding hydrogens is 228 g/mol. The molecule has 4 heteroatoms. The molecule has 1 aliphatic rings. The van der Waals surface area contributed by atoms with Gasteiger partial charge in [-0.05, 0) is 24.9 Å². The van der Waals surface area contributed by atoms with Crippen LogP contribution in [0, 0.1) is 0 Å². The molecule has 1 aromatic carbocycles. The molecule has 1 saturated heterocycles. The van der Waals surface area contributed by atoms with E-state index in [4.69, 9.17) is 4.84 Å². The Morgan fingerprint density at radius 2 is 2.17 bits per heavy atom. The molecule has 0 radical (unpaired) electrons. The van der Waals surface area contributed by atoms with Gasteiger partial charge in [-0.2, -0.15) is 0 Å². The molecule has 1 N–H and O–H groups in total. The van der Waals surface area contributed by atoms with E-state index >= 15 is 0 Å². The molecule has 0 saturated carbocycles. The maximum absolute atomic E-state index is 12.0. The van der Waals surface area contributed by atoms with E-state index in [1.165, 1.54) is 5.06 Å². The second kappa shape index (κ2) is 6.52. The molecule has 4 nitrogen and oxygen atoms in total. The highest BCUT2D eigenvalue weighted by molar-refractivity contribution is 5.82. The van der Waals surface area contributed by atoms with E-state index in [1.807, 2.05) is 30.3 Å². The number of rotatable bonds is 6. The van der Waals surface area contributed by atoms with Crippen LogP contribution in [0.25, 0.3) is 0 Å². The Morgan fingerprint density at radius 1 is 1.39 bits per heavy atom. The van der Waals surface area contributed by atoms with Crippen molar-refractivity contribution in [3.8, 4) is 0 Å². The molecule has 1 unspecified atom stereocenters. The third-order valence-corrected chi connectivity index (χ3v) is 3.04. The van der Waals surface area contributed by atoms with Crippen LogP contribution in [0.1, 0.15) is 25.3 Å². The van der Waals surface area contributed by atoms with Gasteiger partial charge in [0.2, 0.25) is 0 Å². The Hall–Kier alpha value is -1.39. The summed E-state index contributed by atoms with van der Waals surface area (Å²) in [6.45, 7) is 4.10. The second-order valence-electron chi connectivity index (χ2n) is 4.49. The van der Waals surface area contributed by atoms with Gasteiger partial charge in [0.1, 0.15) is 6.61 Å². The number of carbonyl (C=O) groups excluding carboxylic acids is 1. The minimum atomic E-state index is -0.0688. The number of hydrogen-bond donors (Lipinski definition) is 1. The average Bonchev–Trinajstić information content (AvgIpc) is 2.76. The normalized spacial score (nSPS) is 19.5. The van der Waals surface area contributed by atoms with Crippen molar-refractivity contribution in [1.82, 2.24) is 10.4 Å². The lowest BCUT2D eigenvalue weighted by Crippen LogP contribution is -2.38. The van der Waals surface area contributed by atoms with E-state index in [9.17, 15) is 4.79 Å². The van der Waals surface area contributed by atoms with Crippen molar-refractivity contribution < 1.29 is 9.63 Å². The minimum absolute atomic E-state index is 0.0550. The Morgan fingerprint density at radius 3 is 2.89 bits per heavy atom. The Labute approximate surface area is 108 Å². The fourth-order valence-electron chi connectivity index (χ4n) is 2.02. The summed E-state index contributed by atoms with van der Waals surface area (Å²) in [6, 6.07) is 9.82. The number of benzene rings is 1. The van der Waals surface area contributed by atoms with E-state index in [0.29, 0.717) is 13.2 Å². The summed E-state index contributed by atoms with van der Waals surface area (Å²) in [6.07, 6.45) is 1.86. The first kappa shape index (κ1) is 13.1. The summed E-state index contributed by atoms with van der Waals surface area (Å²) in [5.41, 5.74) is 1.08. The Bertz CT molecular complexity index is 381. The van der Waals surface area contributed by atoms with E-state index in [0.717, 1.165) is 24.9 Å². The number of nitrogens with one attached hydrogen (secondary N) is 1. The summed E-state index contributed by atoms with van der Waals surface area (Å²) < 4.78 is 0. The van der Waals surface area contributed by atoms with Crippen molar-refractivity contribution in [2.45, 2.75) is 32.4 Å². The number of hydroxylamine groups is 2. The van der Waals surface area contributed by atoms with Gasteiger partial charge in [0, 0.05) is 0 Å². The largest absolute Gasteiger partial charge is 0.306 e. The fourth-order valence-corrected chi connectivity index (χ4v) is 2.02. The molecule has 1 heterocycles. The second-order valence-corrected chi connectivity index (χ2v) is 4.49. The Kier molecular flexibility index (Phi) is 4.73. The van der Waals surface area contributed by atoms with Gasteiger partial charge in [-0.3, -0.25) is 9.63 Å². The third kappa shape index (κ3) is 3.31. The first-order valence-corrected chi connectivity index (χ1v) is 6.53. The zero-order valence-corrected chi connectivity index (χ0v) is 10.8. The summed E-state index contributed by atoms with van der Waals surface area (Å²) in [5, 5.41) is 4.72. The summed E-state index contributed by atoms with van der Waals surface area (Å²) in [4.78, 5) is 17.5. The van der Waals surface area contributed by atoms with Gasteiger partial charge >= 0.3 is 0 Å². The average molecular weight is 248 g/mol. The summed E-state index contributed by atoms with van der Waals surface area (Å²) >= 11 is 0. The lowest BCUT2D eigenvalue weighted by molar-refractivity contribution is -0.183. The molecule has 1 atom stereocenters. The molecule has 0 bridgehead atoms. The minimum Gasteiger partial charge on any atom is -0.306 e. The maximum atomic E-state index is 12.0. The smallest absolute Gasteiger partial charge is 0.263 e. The summed E-state index contributed by atoms with van der Waals surface area (Å²) in [5.74, 6) is 0.0550. The van der Waals surface area contributed by atoms with Crippen LogP contribution >= 0.6 is 0 Å². The zero-order chi connectivity index (χ0) is 12.8. The lowest BCUT2D eigenvalue weighted by Gasteiger charge is -2.16. The van der Waals surface area contributed by atoms with Crippen molar-refractivity contribution in [1.29, 1.82) is 0 Å². The molecule has 1 fully saturated rings. The van der Waals surface area contributed by atoms with Gasteiger partial charge in [-0.25, -0.2) is 5.06 Å². The molecule has 0 aromatic heterocycles. The highest BCUT2D eigenvalue weighted by atomic mass is 16.7. The van der Waals surface area contributed by atoms with Crippen LogP contribution in [0.5, 0.6) is 0 Å². The van der Waals surface area contributed by atoms with Crippen LogP contribution in [-0.2, 0) is 16.2 Å². The summed E-state index contributed by atoms with van der Waals surface area (Å²) in [7, 11) is 0. The number of carbonyl (C=O) groups is 1. The monoisotopic (exact) mass is 248 g/mol. The van der Waals surface area contributed by atoms with Gasteiger partial charge in [0.05, 0.1) is 12.6 Å². The van der Waals surface area contributed by atoms with Crippen molar-refractivity contribution >= 4 is 5.91 Å². The highest BCUT2D eigenvalue weighted by Gasteiger charge is 2.31. The van der Waals surface area contributed by atoms with Crippen LogP contribution in [0.15, 0.2) is 30.3 Å². The first-order chi connectivity index (χ1) is 8.81. The van der Waals surface area contributed by atoms with Gasteiger partial charge in [-0.15, -0.1) is 0 Å². The van der Waals surface area contributed by atoms with Crippen LogP contribution in [-0.4, -0.2) is 30.1 Å². The molecule has 0 spiro atoms. The van der Waals surface area contributed by atoms with Crippen molar-refractivity contribution in [3.05, 3.63) is 35.9 Å². The van der Waals surface area contributed by atoms with E-state index in [1.54, 1.807) is 0 Å². The van der Waals surface area contributed by atoms with Crippen LogP contribution in [0.2, 0.25) is 0 Å². The SMILES string of the molecule is CCCNC1CCN(OCc2ccccc2)C1=O. The number of nitrogens with zero attached hydrogens (tertiary/aromatic N) is 1. The molecule has 98 valence electrons. The van der Waals surface area contributed by atoms with Crippen LogP contribution < -0.4 is 5.32 Å². The third-order valence-electron chi connectivity index (χ3n) is 3.04. The van der Waals surface area contributed by atoms with Crippen LogP contribution in [0.3, 0.4) is 0 Å². The van der Waals surface area contributed by atoms with Gasteiger partial charge in [-0.1, -0.05) is 37.3 Å². The van der Waals surface area contributed by atoms with Crippen molar-refractivity contribution in [3.63, 3.8) is 0 Å². The Balaban J connectivity index is 1.79. The molecule has 0 aliphatic carbocycles. The lowest BCUT2D eigenvalue weighted by atomic mass is 10.2. The number of amides is 1. The van der Waals surface area contributed by atoms with Crippen molar-refractivity contribution in [2.75, 3.05) is 13.1 Å². The highest BCUT2D eigenvalue weighted by Crippen LogP contribution is 2.13. The van der Waals surface area contributed by atoms with E-state index < -0.39 is 0 Å². The maximum Gasteiger partial charge on any atom is 0.263 e. The molecular formula is C14H20N2O2. The standard InChI is InChI=1S/C14H20N2O2/c1-2-9-15-13-8-10-16(14(13)17)18-11-12-6-4-3-5-7-12/h3-7,13,15H,2,8-11H2,1H3. The van der Waals surface area contributed by atoms with Crippen molar-refractivity contribution in [2.24, 2.45) is 0 Å². The topological polar surface area (TPSA) is 41.6 Å². The van der Waals surface area contributed by atoms with Gasteiger partial charge < -0.3 is 5.32 Å². The predicted octanol–water partition coefficient (Wildman–Crippen LogP) is 1.72. The molecule has 1 aliphatic heterocycles. The molecule has 18 heavy (non-hydrogen) atoms. The zero-order valence-electron chi connectivity index (χ0n) is 10.8. The molecule has 1 aromatic rings. The van der Waals surface area contributed by atoms with Crippen LogP contribution in [0.4, 0.5) is 0 Å². The van der Waals surface area contributed by atoms with E-state index in [2.05, 4.69) is 12.2 Å². The van der Waals surface area contributed by atoms with E-state index in [-0.39, 0.29) is 11.9 Å². The predicted molar refractivity (Wildman–Crippen MR) is 69.6 cm³/mol. The molecule has 2 rings (SSSR count). The fraction of sp³-hybridized carbons (Fsp3) is 0.500. The molecule has 1 amide bonds. The van der Waals surface area contributed by atoms with Gasteiger partial charge in [0.25, 0.3) is 5.91 Å².